The lowest BCUT2D eigenvalue weighted by atomic mass is 10.1. The zero-order chi connectivity index (χ0) is 20.1. The zero-order valence-corrected chi connectivity index (χ0v) is 23.0. The molecule has 3 heteroatoms. The Kier molecular flexibility index (Phi) is 22.8. The lowest BCUT2D eigenvalue weighted by molar-refractivity contribution is 0.560. The first kappa shape index (κ1) is 28.2. The number of hydrogen-bond donors (Lipinski definition) is 0. The van der Waals surface area contributed by atoms with Gasteiger partial charge in [-0.25, -0.2) is 0 Å². The van der Waals surface area contributed by atoms with Gasteiger partial charge in [-0.2, -0.15) is 0 Å². The zero-order valence-electron chi connectivity index (χ0n) is 18.8. The first-order chi connectivity index (χ1) is 13.1. The Bertz CT molecular complexity index is 256. The smallest absolute Gasteiger partial charge is 0.111 e. The molecule has 0 aliphatic heterocycles. The van der Waals surface area contributed by atoms with Gasteiger partial charge in [0.2, 0.25) is 5.31 Å². The van der Waals surface area contributed by atoms with Gasteiger partial charge in [0.15, 0.2) is 0 Å². The number of rotatable bonds is 22. The third-order valence-electron chi connectivity index (χ3n) is 5.79. The quantitative estimate of drug-likeness (QED) is 0.0748. The normalized spacial score (nSPS) is 12.0. The summed E-state index contributed by atoms with van der Waals surface area (Å²) in [5, 5.41) is -1.26. The fraction of sp³-hybridized carbons (Fsp3) is 1.00. The first-order valence-corrected chi connectivity index (χ1v) is 19.4. The third-order valence-corrected chi connectivity index (χ3v) is 12.7. The highest BCUT2D eigenvalue weighted by Crippen LogP contribution is 2.34. The van der Waals surface area contributed by atoms with E-state index in [1.807, 2.05) is 0 Å². The molecule has 0 aromatic carbocycles. The van der Waals surface area contributed by atoms with Crippen LogP contribution < -0.4 is 0 Å². The highest BCUT2D eigenvalue weighted by molar-refractivity contribution is 9.51. The van der Waals surface area contributed by atoms with E-state index in [2.05, 4.69) is 44.4 Å². The number of unbranched alkanes of at least 4 members (excludes halogenated alkanes) is 18. The molecule has 0 unspecified atom stereocenters. The van der Waals surface area contributed by atoms with Gasteiger partial charge in [-0.05, 0) is 12.1 Å². The lowest BCUT2D eigenvalue weighted by Crippen LogP contribution is -2.16. The van der Waals surface area contributed by atoms with Gasteiger partial charge in [-0.1, -0.05) is 142 Å². The van der Waals surface area contributed by atoms with Crippen molar-refractivity contribution in [3.63, 3.8) is 0 Å². The number of hydrogen-bond acceptors (Lipinski definition) is 0. The van der Waals surface area contributed by atoms with E-state index in [0.29, 0.717) is 0 Å². The van der Waals surface area contributed by atoms with Gasteiger partial charge in [0.1, 0.15) is 0 Å². The Morgan fingerprint density at radius 1 is 0.370 bits per heavy atom. The van der Waals surface area contributed by atoms with Gasteiger partial charge < -0.3 is 0 Å². The second kappa shape index (κ2) is 21.9. The maximum atomic E-state index is 4.07. The Hall–Kier alpha value is 1.18. The van der Waals surface area contributed by atoms with E-state index in [1.165, 1.54) is 141 Å². The van der Waals surface area contributed by atoms with Crippen LogP contribution in [0.2, 0.25) is 12.1 Å². The molecule has 0 saturated heterocycles. The molecular weight excluding hydrogens is 476 g/mol. The molecule has 0 aliphatic carbocycles. The summed E-state index contributed by atoms with van der Waals surface area (Å²) in [6, 6.07) is 2.84. The molecule has 0 rings (SSSR count). The van der Waals surface area contributed by atoms with E-state index in [9.17, 15) is 0 Å². The molecule has 0 nitrogen and oxygen atoms in total. The molecule has 0 spiro atoms. The van der Waals surface area contributed by atoms with Crippen LogP contribution in [0.15, 0.2) is 0 Å². The summed E-state index contributed by atoms with van der Waals surface area (Å²) in [5.41, 5.74) is 0. The van der Waals surface area contributed by atoms with Crippen LogP contribution in [0.25, 0.3) is 0 Å². The maximum absolute atomic E-state index is 4.07. The minimum Gasteiger partial charge on any atom is -0.111 e. The summed E-state index contributed by atoms with van der Waals surface area (Å²) in [7, 11) is 0. The molecule has 0 amide bonds. The average molecular weight is 527 g/mol. The molecule has 27 heavy (non-hydrogen) atoms. The molecule has 0 atom stereocenters. The van der Waals surface area contributed by atoms with Crippen LogP contribution in [0.1, 0.15) is 142 Å². The summed E-state index contributed by atoms with van der Waals surface area (Å²) in [4.78, 5) is 0. The summed E-state index contributed by atoms with van der Waals surface area (Å²) < 4.78 is 0. The molecular formula is C24H50Br2Si. The van der Waals surface area contributed by atoms with Crippen LogP contribution in [-0.2, 0) is 0 Å². The van der Waals surface area contributed by atoms with Crippen molar-refractivity contribution >= 4 is 35.9 Å². The van der Waals surface area contributed by atoms with Crippen LogP contribution in [0.3, 0.4) is 0 Å². The fourth-order valence-electron chi connectivity index (χ4n) is 3.87. The monoisotopic (exact) mass is 524 g/mol. The molecule has 0 N–H and O–H groups in total. The van der Waals surface area contributed by atoms with Gasteiger partial charge in [0, 0.05) is 0 Å². The predicted octanol–water partition coefficient (Wildman–Crippen LogP) is 11.1. The fourth-order valence-corrected chi connectivity index (χ4v) is 9.02. The van der Waals surface area contributed by atoms with E-state index in [0.717, 1.165) is 0 Å². The van der Waals surface area contributed by atoms with Crippen molar-refractivity contribution in [3.05, 3.63) is 0 Å². The second-order valence-electron chi connectivity index (χ2n) is 8.72. The van der Waals surface area contributed by atoms with Crippen molar-refractivity contribution in [2.75, 3.05) is 0 Å². The Morgan fingerprint density at radius 2 is 0.593 bits per heavy atom. The van der Waals surface area contributed by atoms with E-state index in [-0.39, 0.29) is 0 Å². The predicted molar refractivity (Wildman–Crippen MR) is 137 cm³/mol. The third kappa shape index (κ3) is 23.3. The van der Waals surface area contributed by atoms with Crippen molar-refractivity contribution in [1.82, 2.24) is 0 Å². The van der Waals surface area contributed by atoms with E-state index >= 15 is 0 Å². The Balaban J connectivity index is 3.31. The Morgan fingerprint density at radius 3 is 0.852 bits per heavy atom. The molecule has 0 aliphatic rings. The van der Waals surface area contributed by atoms with Gasteiger partial charge in [-0.3, -0.25) is 0 Å². The van der Waals surface area contributed by atoms with Crippen LogP contribution in [0, 0.1) is 0 Å². The highest BCUT2D eigenvalue weighted by atomic mass is 79.9. The molecule has 0 aromatic rings. The molecule has 0 radical (unpaired) electrons. The van der Waals surface area contributed by atoms with Crippen molar-refractivity contribution in [3.8, 4) is 0 Å². The van der Waals surface area contributed by atoms with Crippen LogP contribution in [0.5, 0.6) is 0 Å². The van der Waals surface area contributed by atoms with Crippen LogP contribution >= 0.6 is 30.6 Å². The molecule has 0 bridgehead atoms. The van der Waals surface area contributed by atoms with E-state index in [1.54, 1.807) is 0 Å². The molecule has 164 valence electrons. The van der Waals surface area contributed by atoms with Crippen molar-refractivity contribution in [2.45, 2.75) is 154 Å². The highest BCUT2D eigenvalue weighted by Gasteiger charge is 2.24. The van der Waals surface area contributed by atoms with E-state index < -0.39 is 5.31 Å². The minimum absolute atomic E-state index is 1.26. The van der Waals surface area contributed by atoms with Gasteiger partial charge in [0.05, 0.1) is 0 Å². The molecule has 0 fully saturated rings. The lowest BCUT2D eigenvalue weighted by Gasteiger charge is -2.17. The molecule has 0 heterocycles. The Labute approximate surface area is 189 Å². The van der Waals surface area contributed by atoms with Gasteiger partial charge in [-0.15, -0.1) is 30.6 Å². The molecule has 0 saturated carbocycles. The number of halogens is 2. The summed E-state index contributed by atoms with van der Waals surface area (Å²) in [5.74, 6) is 0. The summed E-state index contributed by atoms with van der Waals surface area (Å²) in [6.07, 6.45) is 28.9. The SMILES string of the molecule is CCCCCCCCCCCC[Si](Br)(Br)CCCCCCCCCCCC. The summed E-state index contributed by atoms with van der Waals surface area (Å²) >= 11 is 8.15. The van der Waals surface area contributed by atoms with Gasteiger partial charge >= 0.3 is 0 Å². The van der Waals surface area contributed by atoms with E-state index in [4.69, 9.17) is 0 Å². The van der Waals surface area contributed by atoms with Crippen LogP contribution in [0.4, 0.5) is 0 Å². The topological polar surface area (TPSA) is 0 Å². The van der Waals surface area contributed by atoms with Crippen LogP contribution in [-0.4, -0.2) is 5.31 Å². The van der Waals surface area contributed by atoms with Crippen molar-refractivity contribution < 1.29 is 0 Å². The van der Waals surface area contributed by atoms with Gasteiger partial charge in [0.25, 0.3) is 0 Å². The van der Waals surface area contributed by atoms with Crippen molar-refractivity contribution in [1.29, 1.82) is 0 Å². The largest absolute Gasteiger partial charge is 0.201 e. The average Bonchev–Trinajstić information content (AvgIpc) is 2.64. The first-order valence-electron chi connectivity index (χ1n) is 12.5. The standard InChI is InChI=1S/C24H50Br2Si/c1-3-5-7-9-11-13-15-17-19-21-23-27(25,26)24-22-20-18-16-14-12-10-8-6-4-2/h3-24H2,1-2H3. The molecule has 0 aromatic heterocycles. The maximum Gasteiger partial charge on any atom is 0.201 e. The minimum atomic E-state index is -1.26. The second-order valence-corrected chi connectivity index (χ2v) is 23.7. The van der Waals surface area contributed by atoms with Crippen molar-refractivity contribution in [2.24, 2.45) is 0 Å². The summed E-state index contributed by atoms with van der Waals surface area (Å²) in [6.45, 7) is 4.60.